The van der Waals surface area contributed by atoms with Crippen LogP contribution in [-0.4, -0.2) is 61.4 Å². The van der Waals surface area contributed by atoms with Gasteiger partial charge in [0.05, 0.1) is 17.7 Å². The standard InChI is InChI=1S/C20H22ClF5N6O/c1-11(20(24,25)26)28-18-16(17(21)29-19(30-18)32(4)10-27)15-13(22)8-12(9-14(15)23)33-7-5-6-31(2)3/h8-9,11H,5-7H2,1-4H3,(H,28,29,30)/t11-/m1/s1. The predicted octanol–water partition coefficient (Wildman–Crippen LogP) is 4.69. The van der Waals surface area contributed by atoms with Gasteiger partial charge in [-0.15, -0.1) is 0 Å². The molecule has 0 aliphatic rings. The van der Waals surface area contributed by atoms with Crippen molar-refractivity contribution in [3.8, 4) is 23.1 Å². The van der Waals surface area contributed by atoms with E-state index in [1.807, 2.05) is 19.0 Å². The van der Waals surface area contributed by atoms with Crippen LogP contribution in [0.5, 0.6) is 5.75 Å². The van der Waals surface area contributed by atoms with E-state index in [1.165, 1.54) is 7.05 Å². The largest absolute Gasteiger partial charge is 0.493 e. The van der Waals surface area contributed by atoms with Gasteiger partial charge in [0.1, 0.15) is 34.4 Å². The molecule has 1 N–H and O–H groups in total. The van der Waals surface area contributed by atoms with Gasteiger partial charge in [-0.2, -0.15) is 28.4 Å². The summed E-state index contributed by atoms with van der Waals surface area (Å²) < 4.78 is 74.6. The molecular formula is C20H22ClF5N6O. The summed E-state index contributed by atoms with van der Waals surface area (Å²) in [6.07, 6.45) is -2.42. The van der Waals surface area contributed by atoms with Crippen molar-refractivity contribution in [2.24, 2.45) is 0 Å². The van der Waals surface area contributed by atoms with Crippen molar-refractivity contribution in [1.82, 2.24) is 14.9 Å². The van der Waals surface area contributed by atoms with Crippen LogP contribution in [0.4, 0.5) is 33.7 Å². The number of nitrogens with zero attached hydrogens (tertiary/aromatic N) is 5. The molecule has 0 radical (unpaired) electrons. The molecule has 0 saturated carbocycles. The molecule has 1 aromatic carbocycles. The first-order valence-corrected chi connectivity index (χ1v) is 10.0. The highest BCUT2D eigenvalue weighted by Crippen LogP contribution is 2.39. The smallest absolute Gasteiger partial charge is 0.408 e. The van der Waals surface area contributed by atoms with Gasteiger partial charge in [-0.25, -0.2) is 8.78 Å². The third-order valence-electron chi connectivity index (χ3n) is 4.43. The van der Waals surface area contributed by atoms with E-state index in [-0.39, 0.29) is 18.3 Å². The van der Waals surface area contributed by atoms with Crippen molar-refractivity contribution in [3.63, 3.8) is 0 Å². The lowest BCUT2D eigenvalue weighted by Gasteiger charge is -2.22. The number of anilines is 2. The molecule has 13 heteroatoms. The zero-order valence-corrected chi connectivity index (χ0v) is 19.0. The second-order valence-electron chi connectivity index (χ2n) is 7.37. The molecule has 2 aromatic rings. The Morgan fingerprint density at radius 2 is 1.76 bits per heavy atom. The van der Waals surface area contributed by atoms with Crippen LogP contribution >= 0.6 is 11.6 Å². The fraction of sp³-hybridized carbons (Fsp3) is 0.450. The quantitative estimate of drug-likeness (QED) is 0.179. The third-order valence-corrected chi connectivity index (χ3v) is 4.70. The number of rotatable bonds is 9. The van der Waals surface area contributed by atoms with Gasteiger partial charge in [0.15, 0.2) is 6.19 Å². The lowest BCUT2D eigenvalue weighted by molar-refractivity contribution is -0.138. The molecule has 0 unspecified atom stereocenters. The molecule has 1 aromatic heterocycles. The Kier molecular flexibility index (Phi) is 8.63. The van der Waals surface area contributed by atoms with Gasteiger partial charge in [-0.1, -0.05) is 11.6 Å². The number of nitriles is 1. The maximum Gasteiger partial charge on any atom is 0.408 e. The van der Waals surface area contributed by atoms with Gasteiger partial charge in [0.2, 0.25) is 5.95 Å². The summed E-state index contributed by atoms with van der Waals surface area (Å²) in [5.74, 6) is -3.30. The highest BCUT2D eigenvalue weighted by atomic mass is 35.5. The summed E-state index contributed by atoms with van der Waals surface area (Å²) in [5.41, 5.74) is -1.25. The summed E-state index contributed by atoms with van der Waals surface area (Å²) in [6, 6.07) is -0.347. The Labute approximate surface area is 192 Å². The summed E-state index contributed by atoms with van der Waals surface area (Å²) >= 11 is 6.11. The van der Waals surface area contributed by atoms with Crippen molar-refractivity contribution in [2.75, 3.05) is 44.5 Å². The molecule has 0 aliphatic heterocycles. The Hall–Kier alpha value is -2.91. The van der Waals surface area contributed by atoms with Gasteiger partial charge < -0.3 is 15.0 Å². The van der Waals surface area contributed by atoms with E-state index in [2.05, 4.69) is 15.3 Å². The molecule has 2 rings (SSSR count). The van der Waals surface area contributed by atoms with E-state index in [0.29, 0.717) is 13.0 Å². The van der Waals surface area contributed by atoms with Crippen molar-refractivity contribution in [3.05, 3.63) is 28.9 Å². The molecule has 0 saturated heterocycles. The zero-order chi connectivity index (χ0) is 24.9. The lowest BCUT2D eigenvalue weighted by Crippen LogP contribution is -2.34. The first-order chi connectivity index (χ1) is 15.3. The molecule has 1 heterocycles. The molecule has 0 amide bonds. The minimum absolute atomic E-state index is 0.0939. The number of alkyl halides is 3. The van der Waals surface area contributed by atoms with E-state index < -0.39 is 46.0 Å². The minimum atomic E-state index is -4.70. The van der Waals surface area contributed by atoms with Crippen molar-refractivity contribution >= 4 is 23.4 Å². The number of ether oxygens (including phenoxy) is 1. The summed E-state index contributed by atoms with van der Waals surface area (Å²) in [4.78, 5) is 10.4. The molecule has 180 valence electrons. The second kappa shape index (κ2) is 10.8. The Balaban J connectivity index is 2.52. The molecule has 0 bridgehead atoms. The number of nitrogens with one attached hydrogen (secondary N) is 1. The minimum Gasteiger partial charge on any atom is -0.493 e. The predicted molar refractivity (Wildman–Crippen MR) is 114 cm³/mol. The second-order valence-corrected chi connectivity index (χ2v) is 7.73. The summed E-state index contributed by atoms with van der Waals surface area (Å²) in [5, 5.41) is 10.5. The third kappa shape index (κ3) is 6.79. The monoisotopic (exact) mass is 492 g/mol. The highest BCUT2D eigenvalue weighted by molar-refractivity contribution is 6.32. The Bertz CT molecular complexity index is 1000. The molecule has 0 fully saturated rings. The first kappa shape index (κ1) is 26.3. The van der Waals surface area contributed by atoms with E-state index in [0.717, 1.165) is 24.0 Å². The average molecular weight is 493 g/mol. The normalized spacial score (nSPS) is 12.4. The average Bonchev–Trinajstić information content (AvgIpc) is 2.70. The maximum absolute atomic E-state index is 14.9. The highest BCUT2D eigenvalue weighted by Gasteiger charge is 2.37. The van der Waals surface area contributed by atoms with E-state index in [9.17, 15) is 22.0 Å². The molecule has 33 heavy (non-hydrogen) atoms. The number of aromatic nitrogens is 2. The number of hydrogen-bond acceptors (Lipinski definition) is 7. The van der Waals surface area contributed by atoms with Crippen LogP contribution in [0, 0.1) is 23.1 Å². The van der Waals surface area contributed by atoms with Gasteiger partial charge in [-0.05, 0) is 27.4 Å². The van der Waals surface area contributed by atoms with E-state index in [4.69, 9.17) is 21.6 Å². The number of benzene rings is 1. The van der Waals surface area contributed by atoms with Crippen LogP contribution in [-0.2, 0) is 0 Å². The maximum atomic E-state index is 14.9. The SMILES string of the molecule is C[C@@H](Nc1nc(N(C)C#N)nc(Cl)c1-c1c(F)cc(OCCCN(C)C)cc1F)C(F)(F)F. The van der Waals surface area contributed by atoms with Gasteiger partial charge in [0.25, 0.3) is 0 Å². The molecule has 0 aliphatic carbocycles. The lowest BCUT2D eigenvalue weighted by atomic mass is 10.1. The summed E-state index contributed by atoms with van der Waals surface area (Å²) in [7, 11) is 4.97. The fourth-order valence-electron chi connectivity index (χ4n) is 2.67. The van der Waals surface area contributed by atoms with Gasteiger partial charge >= 0.3 is 6.18 Å². The van der Waals surface area contributed by atoms with Gasteiger partial charge in [0, 0.05) is 25.7 Å². The van der Waals surface area contributed by atoms with E-state index in [1.54, 1.807) is 6.19 Å². The van der Waals surface area contributed by atoms with Crippen molar-refractivity contribution in [1.29, 1.82) is 5.26 Å². The topological polar surface area (TPSA) is 77.3 Å². The number of halogens is 6. The number of hydrogen-bond donors (Lipinski definition) is 1. The van der Waals surface area contributed by atoms with Crippen LogP contribution in [0.15, 0.2) is 12.1 Å². The molecule has 0 spiro atoms. The van der Waals surface area contributed by atoms with Crippen molar-refractivity contribution in [2.45, 2.75) is 25.6 Å². The van der Waals surface area contributed by atoms with Crippen LogP contribution in [0.3, 0.4) is 0 Å². The summed E-state index contributed by atoms with van der Waals surface area (Å²) in [6.45, 7) is 1.70. The van der Waals surface area contributed by atoms with Crippen LogP contribution in [0.2, 0.25) is 5.15 Å². The van der Waals surface area contributed by atoms with Crippen LogP contribution in [0.1, 0.15) is 13.3 Å². The van der Waals surface area contributed by atoms with Crippen molar-refractivity contribution < 1.29 is 26.7 Å². The Morgan fingerprint density at radius 3 is 2.27 bits per heavy atom. The first-order valence-electron chi connectivity index (χ1n) is 9.66. The molecular weight excluding hydrogens is 471 g/mol. The van der Waals surface area contributed by atoms with Crippen LogP contribution in [0.25, 0.3) is 11.1 Å². The van der Waals surface area contributed by atoms with Crippen LogP contribution < -0.4 is 15.0 Å². The van der Waals surface area contributed by atoms with Gasteiger partial charge in [-0.3, -0.25) is 4.90 Å². The molecule has 1 atom stereocenters. The zero-order valence-electron chi connectivity index (χ0n) is 18.3. The fourth-order valence-corrected chi connectivity index (χ4v) is 2.93. The Morgan fingerprint density at radius 1 is 1.15 bits per heavy atom. The molecule has 7 nitrogen and oxygen atoms in total. The van der Waals surface area contributed by atoms with E-state index >= 15 is 0 Å².